The fraction of sp³-hybridized carbons (Fsp3) is 0.120. The van der Waals surface area contributed by atoms with Crippen molar-refractivity contribution in [1.82, 2.24) is 0 Å². The van der Waals surface area contributed by atoms with E-state index in [4.69, 9.17) is 9.15 Å². The molecule has 0 amide bonds. The standard InChI is InChI=1S/C25H20O7/c1-31-22(30)11-17(14-7-9-16(26)10-8-14)23-18(27)12-19(28)24-20(29)13-21(32-25(23)24)15-5-3-2-4-6-15/h2-10,12-13,17,26-28H,11H2,1H3/t17-/m0/s1. The Balaban J connectivity index is 2.04. The molecule has 0 saturated carbocycles. The highest BCUT2D eigenvalue weighted by atomic mass is 16.5. The largest absolute Gasteiger partial charge is 0.508 e. The molecule has 0 aliphatic heterocycles. The number of methoxy groups -OCH3 is 1. The minimum atomic E-state index is -0.777. The molecule has 4 aromatic rings. The summed E-state index contributed by atoms with van der Waals surface area (Å²) in [7, 11) is 1.25. The molecule has 7 nitrogen and oxygen atoms in total. The fourth-order valence-electron chi connectivity index (χ4n) is 3.75. The molecule has 0 unspecified atom stereocenters. The number of hydrogen-bond donors (Lipinski definition) is 3. The van der Waals surface area contributed by atoms with Crippen molar-refractivity contribution in [3.8, 4) is 28.6 Å². The molecule has 32 heavy (non-hydrogen) atoms. The summed E-state index contributed by atoms with van der Waals surface area (Å²) in [6.45, 7) is 0. The van der Waals surface area contributed by atoms with E-state index in [-0.39, 0.29) is 40.2 Å². The van der Waals surface area contributed by atoms with Gasteiger partial charge >= 0.3 is 5.97 Å². The molecule has 3 aromatic carbocycles. The molecule has 0 aliphatic rings. The Kier molecular flexibility index (Phi) is 5.55. The number of esters is 1. The Morgan fingerprint density at radius 2 is 1.66 bits per heavy atom. The van der Waals surface area contributed by atoms with Gasteiger partial charge < -0.3 is 24.5 Å². The van der Waals surface area contributed by atoms with E-state index in [2.05, 4.69) is 0 Å². The quantitative estimate of drug-likeness (QED) is 0.403. The van der Waals surface area contributed by atoms with Crippen molar-refractivity contribution in [2.24, 2.45) is 0 Å². The van der Waals surface area contributed by atoms with Gasteiger partial charge in [0, 0.05) is 29.2 Å². The number of benzene rings is 3. The number of ether oxygens (including phenoxy) is 1. The normalized spacial score (nSPS) is 11.9. The van der Waals surface area contributed by atoms with Crippen molar-refractivity contribution in [3.63, 3.8) is 0 Å². The van der Waals surface area contributed by atoms with Gasteiger partial charge in [-0.3, -0.25) is 9.59 Å². The van der Waals surface area contributed by atoms with Gasteiger partial charge in [-0.15, -0.1) is 0 Å². The molecular weight excluding hydrogens is 412 g/mol. The van der Waals surface area contributed by atoms with E-state index in [0.29, 0.717) is 11.1 Å². The summed E-state index contributed by atoms with van der Waals surface area (Å²) in [5.41, 5.74) is 0.837. The van der Waals surface area contributed by atoms with Crippen molar-refractivity contribution >= 4 is 16.9 Å². The third-order valence-corrected chi connectivity index (χ3v) is 5.30. The highest BCUT2D eigenvalue weighted by Gasteiger charge is 2.28. The predicted molar refractivity (Wildman–Crippen MR) is 118 cm³/mol. The number of fused-ring (bicyclic) bond motifs is 1. The Hall–Kier alpha value is -4.26. The van der Waals surface area contributed by atoms with Crippen LogP contribution >= 0.6 is 0 Å². The summed E-state index contributed by atoms with van der Waals surface area (Å²) in [5.74, 6) is -1.83. The second-order valence-electron chi connectivity index (χ2n) is 7.30. The molecule has 3 N–H and O–H groups in total. The van der Waals surface area contributed by atoms with Crippen molar-refractivity contribution in [3.05, 3.63) is 88.1 Å². The van der Waals surface area contributed by atoms with E-state index in [1.165, 1.54) is 25.3 Å². The number of carbonyl (C=O) groups excluding carboxylic acids is 1. The average molecular weight is 432 g/mol. The van der Waals surface area contributed by atoms with Crippen LogP contribution in [0, 0.1) is 0 Å². The van der Waals surface area contributed by atoms with Gasteiger partial charge in [0.05, 0.1) is 13.5 Å². The third-order valence-electron chi connectivity index (χ3n) is 5.30. The number of phenolic OH excluding ortho intramolecular Hbond substituents is 3. The number of aromatic hydroxyl groups is 3. The first-order valence-corrected chi connectivity index (χ1v) is 9.83. The van der Waals surface area contributed by atoms with Crippen LogP contribution in [0.25, 0.3) is 22.3 Å². The summed E-state index contributed by atoms with van der Waals surface area (Å²) >= 11 is 0. The van der Waals surface area contributed by atoms with Gasteiger partial charge in [-0.1, -0.05) is 42.5 Å². The van der Waals surface area contributed by atoms with E-state index in [0.717, 1.165) is 6.07 Å². The van der Waals surface area contributed by atoms with E-state index < -0.39 is 23.1 Å². The van der Waals surface area contributed by atoms with E-state index >= 15 is 0 Å². The van der Waals surface area contributed by atoms with Crippen LogP contribution in [-0.2, 0) is 9.53 Å². The first-order chi connectivity index (χ1) is 15.4. The highest BCUT2D eigenvalue weighted by molar-refractivity contribution is 5.90. The minimum absolute atomic E-state index is 0.0308. The van der Waals surface area contributed by atoms with Crippen molar-refractivity contribution in [1.29, 1.82) is 0 Å². The van der Waals surface area contributed by atoms with Gasteiger partial charge in [-0.2, -0.15) is 0 Å². The van der Waals surface area contributed by atoms with Crippen LogP contribution < -0.4 is 5.43 Å². The molecular formula is C25H20O7. The number of carbonyl (C=O) groups is 1. The monoisotopic (exact) mass is 432 g/mol. The van der Waals surface area contributed by atoms with Crippen molar-refractivity contribution in [2.75, 3.05) is 7.11 Å². The Labute approximate surface area is 182 Å². The molecule has 0 spiro atoms. The topological polar surface area (TPSA) is 117 Å². The molecule has 4 rings (SSSR count). The van der Waals surface area contributed by atoms with Crippen LogP contribution in [0.15, 0.2) is 75.9 Å². The zero-order valence-corrected chi connectivity index (χ0v) is 17.1. The van der Waals surface area contributed by atoms with Gasteiger partial charge in [0.15, 0.2) is 5.43 Å². The van der Waals surface area contributed by atoms with Gasteiger partial charge in [0.1, 0.15) is 34.0 Å². The van der Waals surface area contributed by atoms with Crippen molar-refractivity contribution in [2.45, 2.75) is 12.3 Å². The maximum absolute atomic E-state index is 12.9. The summed E-state index contributed by atoms with van der Waals surface area (Å²) in [4.78, 5) is 25.1. The molecule has 0 fully saturated rings. The van der Waals surface area contributed by atoms with Crippen LogP contribution in [-0.4, -0.2) is 28.4 Å². The maximum Gasteiger partial charge on any atom is 0.306 e. The Bertz CT molecular complexity index is 1340. The molecule has 1 aromatic heterocycles. The van der Waals surface area contributed by atoms with Gasteiger partial charge in [-0.25, -0.2) is 0 Å². The van der Waals surface area contributed by atoms with Gasteiger partial charge in [0.25, 0.3) is 0 Å². The van der Waals surface area contributed by atoms with E-state index in [9.17, 15) is 24.9 Å². The highest BCUT2D eigenvalue weighted by Crippen LogP contribution is 2.43. The van der Waals surface area contributed by atoms with Crippen LogP contribution in [0.2, 0.25) is 0 Å². The SMILES string of the molecule is COC(=O)C[C@@H](c1ccc(O)cc1)c1c(O)cc(O)c2c(=O)cc(-c3ccccc3)oc12. The first kappa shape index (κ1) is 21.0. The number of phenols is 3. The summed E-state index contributed by atoms with van der Waals surface area (Å²) < 4.78 is 10.9. The third kappa shape index (κ3) is 3.88. The lowest BCUT2D eigenvalue weighted by Gasteiger charge is -2.20. The van der Waals surface area contributed by atoms with Crippen LogP contribution in [0.3, 0.4) is 0 Å². The predicted octanol–water partition coefficient (Wildman–Crippen LogP) is 4.27. The maximum atomic E-state index is 12.9. The minimum Gasteiger partial charge on any atom is -0.508 e. The van der Waals surface area contributed by atoms with Crippen LogP contribution in [0.5, 0.6) is 17.2 Å². The molecule has 0 saturated heterocycles. The second kappa shape index (κ2) is 8.47. The van der Waals surface area contributed by atoms with Gasteiger partial charge in [-0.05, 0) is 17.7 Å². The Morgan fingerprint density at radius 1 is 0.969 bits per heavy atom. The molecule has 7 heteroatoms. The van der Waals surface area contributed by atoms with Crippen LogP contribution in [0.1, 0.15) is 23.5 Å². The van der Waals surface area contributed by atoms with Crippen molar-refractivity contribution < 1.29 is 29.3 Å². The fourth-order valence-corrected chi connectivity index (χ4v) is 3.75. The molecule has 0 bridgehead atoms. The molecule has 0 aliphatic carbocycles. The lowest BCUT2D eigenvalue weighted by atomic mass is 9.86. The van der Waals surface area contributed by atoms with Gasteiger partial charge in [0.2, 0.25) is 0 Å². The molecule has 0 radical (unpaired) electrons. The lowest BCUT2D eigenvalue weighted by molar-refractivity contribution is -0.140. The lowest BCUT2D eigenvalue weighted by Crippen LogP contribution is -2.12. The number of hydrogen-bond acceptors (Lipinski definition) is 7. The summed E-state index contributed by atoms with van der Waals surface area (Å²) in [5, 5.41) is 30.7. The van der Waals surface area contributed by atoms with Crippen LogP contribution in [0.4, 0.5) is 0 Å². The zero-order valence-electron chi connectivity index (χ0n) is 17.1. The molecule has 162 valence electrons. The smallest absolute Gasteiger partial charge is 0.306 e. The first-order valence-electron chi connectivity index (χ1n) is 9.83. The zero-order chi connectivity index (χ0) is 22.8. The Morgan fingerprint density at radius 3 is 2.31 bits per heavy atom. The second-order valence-corrected chi connectivity index (χ2v) is 7.30. The molecule has 1 heterocycles. The average Bonchev–Trinajstić information content (AvgIpc) is 2.78. The molecule has 1 atom stereocenters. The van der Waals surface area contributed by atoms with E-state index in [1.54, 1.807) is 36.4 Å². The van der Waals surface area contributed by atoms with E-state index in [1.807, 2.05) is 6.07 Å². The summed E-state index contributed by atoms with van der Waals surface area (Å²) in [6.07, 6.45) is -0.173. The summed E-state index contributed by atoms with van der Waals surface area (Å²) in [6, 6.07) is 17.3. The number of rotatable bonds is 5.